The number of amides is 4. The fourth-order valence-electron chi connectivity index (χ4n) is 4.01. The molecule has 1 aromatic heterocycles. The highest BCUT2D eigenvalue weighted by Gasteiger charge is 2.48. The van der Waals surface area contributed by atoms with Crippen molar-refractivity contribution in [3.63, 3.8) is 0 Å². The number of nitrogens with zero attached hydrogens (tertiary/aromatic N) is 3. The van der Waals surface area contributed by atoms with Gasteiger partial charge in [0.25, 0.3) is 5.91 Å². The van der Waals surface area contributed by atoms with Gasteiger partial charge in [-0.3, -0.25) is 19.4 Å². The Balaban J connectivity index is 1.33. The maximum atomic E-state index is 12.9. The summed E-state index contributed by atoms with van der Waals surface area (Å²) in [5.41, 5.74) is 0.807. The van der Waals surface area contributed by atoms with E-state index in [4.69, 9.17) is 13.9 Å². The highest BCUT2D eigenvalue weighted by Crippen LogP contribution is 2.27. The first-order valence-electron chi connectivity index (χ1n) is 10.3. The number of hydrogen-bond acceptors (Lipinski definition) is 7. The topological polar surface area (TPSA) is 105 Å². The Labute approximate surface area is 185 Å². The van der Waals surface area contributed by atoms with E-state index >= 15 is 0 Å². The van der Waals surface area contributed by atoms with Crippen LogP contribution in [0.2, 0.25) is 0 Å². The van der Waals surface area contributed by atoms with E-state index in [0.29, 0.717) is 37.7 Å². The summed E-state index contributed by atoms with van der Waals surface area (Å²) in [5, 5.41) is 2.75. The van der Waals surface area contributed by atoms with Crippen LogP contribution in [0, 0.1) is 0 Å². The molecule has 4 rings (SSSR count). The molecule has 4 amide bonds. The minimum atomic E-state index is -0.579. The maximum Gasteiger partial charge on any atom is 0.328 e. The molecule has 2 aliphatic heterocycles. The number of carbonyl (C=O) groups is 3. The van der Waals surface area contributed by atoms with Gasteiger partial charge in [0.15, 0.2) is 11.5 Å². The molecule has 0 saturated carbocycles. The molecule has 2 aliphatic rings. The Hall–Kier alpha value is -3.53. The van der Waals surface area contributed by atoms with Crippen molar-refractivity contribution >= 4 is 17.8 Å². The van der Waals surface area contributed by atoms with Gasteiger partial charge in [-0.25, -0.2) is 4.79 Å². The van der Waals surface area contributed by atoms with Crippen molar-refractivity contribution in [3.05, 3.63) is 47.9 Å². The number of hydrogen-bond donors (Lipinski definition) is 1. The van der Waals surface area contributed by atoms with Crippen LogP contribution in [0.4, 0.5) is 4.79 Å². The lowest BCUT2D eigenvalue weighted by molar-refractivity contribution is -0.133. The van der Waals surface area contributed by atoms with Crippen LogP contribution in [0.3, 0.4) is 0 Å². The van der Waals surface area contributed by atoms with Crippen molar-refractivity contribution < 1.29 is 28.3 Å². The van der Waals surface area contributed by atoms with E-state index in [1.54, 1.807) is 30.4 Å². The van der Waals surface area contributed by atoms with Crippen molar-refractivity contribution in [2.24, 2.45) is 0 Å². The van der Waals surface area contributed by atoms with Crippen LogP contribution in [0.1, 0.15) is 11.3 Å². The fraction of sp³-hybridized carbons (Fsp3) is 0.409. The predicted octanol–water partition coefficient (Wildman–Crippen LogP) is 1.06. The number of piperazine rings is 1. The van der Waals surface area contributed by atoms with E-state index in [1.165, 1.54) is 7.11 Å². The van der Waals surface area contributed by atoms with Crippen molar-refractivity contribution in [2.45, 2.75) is 19.1 Å². The summed E-state index contributed by atoms with van der Waals surface area (Å²) in [6.45, 7) is 1.98. The van der Waals surface area contributed by atoms with E-state index in [-0.39, 0.29) is 19.0 Å². The van der Waals surface area contributed by atoms with E-state index in [9.17, 15) is 14.4 Å². The smallest absolute Gasteiger partial charge is 0.328 e. The Morgan fingerprint density at radius 2 is 1.97 bits per heavy atom. The molecule has 0 radical (unpaired) electrons. The number of carbonyl (C=O) groups excluding carboxylic acids is 3. The molecule has 2 fully saturated rings. The molecule has 2 aromatic rings. The van der Waals surface area contributed by atoms with Gasteiger partial charge in [-0.2, -0.15) is 0 Å². The average Bonchev–Trinajstić information content (AvgIpc) is 3.40. The van der Waals surface area contributed by atoms with Crippen molar-refractivity contribution in [1.82, 2.24) is 20.0 Å². The normalized spacial score (nSPS) is 18.6. The van der Waals surface area contributed by atoms with E-state index < -0.39 is 18.0 Å². The Bertz CT molecular complexity index is 992. The van der Waals surface area contributed by atoms with Crippen LogP contribution in [0.15, 0.2) is 41.0 Å². The quantitative estimate of drug-likeness (QED) is 0.610. The third kappa shape index (κ3) is 4.40. The molecule has 1 unspecified atom stereocenters. The third-order valence-corrected chi connectivity index (χ3v) is 5.69. The minimum Gasteiger partial charge on any atom is -0.493 e. The van der Waals surface area contributed by atoms with Gasteiger partial charge in [-0.1, -0.05) is 6.07 Å². The van der Waals surface area contributed by atoms with Crippen LogP contribution in [-0.4, -0.2) is 79.0 Å². The molecule has 3 heterocycles. The van der Waals surface area contributed by atoms with Crippen LogP contribution >= 0.6 is 0 Å². The Morgan fingerprint density at radius 3 is 2.69 bits per heavy atom. The zero-order chi connectivity index (χ0) is 22.7. The lowest BCUT2D eigenvalue weighted by atomic mass is 10.2. The molecular weight excluding hydrogens is 416 g/mol. The molecule has 0 spiro atoms. The molecular formula is C22H26N4O6. The minimum absolute atomic E-state index is 0.236. The summed E-state index contributed by atoms with van der Waals surface area (Å²) in [6.07, 6.45) is 1.61. The first kappa shape index (κ1) is 21.7. The number of urea groups is 1. The molecule has 10 nitrogen and oxygen atoms in total. The van der Waals surface area contributed by atoms with Gasteiger partial charge in [0.05, 0.1) is 27.0 Å². The predicted molar refractivity (Wildman–Crippen MR) is 113 cm³/mol. The monoisotopic (exact) mass is 442 g/mol. The standard InChI is InChI=1S/C22H26N4O6/c1-30-18-6-5-15(10-19(18)31-2)11-23-20(27)14-26-21(28)17-13-24(7-8-25(17)22(26)29)12-16-4-3-9-32-16/h3-6,9-10,17H,7-8,11-14H2,1-2H3,(H,23,27). The van der Waals surface area contributed by atoms with Crippen LogP contribution in [0.25, 0.3) is 0 Å². The molecule has 0 bridgehead atoms. The van der Waals surface area contributed by atoms with E-state index in [0.717, 1.165) is 16.2 Å². The molecule has 10 heteroatoms. The number of benzene rings is 1. The third-order valence-electron chi connectivity index (χ3n) is 5.69. The number of rotatable bonds is 8. The Morgan fingerprint density at radius 1 is 1.16 bits per heavy atom. The van der Waals surface area contributed by atoms with Crippen molar-refractivity contribution in [2.75, 3.05) is 40.4 Å². The van der Waals surface area contributed by atoms with Crippen LogP contribution < -0.4 is 14.8 Å². The van der Waals surface area contributed by atoms with Gasteiger partial charge in [0.1, 0.15) is 18.3 Å². The van der Waals surface area contributed by atoms with Crippen molar-refractivity contribution in [3.8, 4) is 11.5 Å². The lowest BCUT2D eigenvalue weighted by Gasteiger charge is -2.34. The van der Waals surface area contributed by atoms with E-state index in [1.807, 2.05) is 18.2 Å². The lowest BCUT2D eigenvalue weighted by Crippen LogP contribution is -2.52. The summed E-state index contributed by atoms with van der Waals surface area (Å²) in [6, 6.07) is 8.02. The summed E-state index contributed by atoms with van der Waals surface area (Å²) < 4.78 is 15.8. The number of nitrogens with one attached hydrogen (secondary N) is 1. The zero-order valence-corrected chi connectivity index (χ0v) is 18.1. The van der Waals surface area contributed by atoms with Crippen LogP contribution in [0.5, 0.6) is 11.5 Å². The van der Waals surface area contributed by atoms with E-state index in [2.05, 4.69) is 10.2 Å². The molecule has 170 valence electrons. The number of fused-ring (bicyclic) bond motifs is 1. The summed E-state index contributed by atoms with van der Waals surface area (Å²) in [7, 11) is 3.09. The van der Waals surface area contributed by atoms with Gasteiger partial charge in [-0.15, -0.1) is 0 Å². The highest BCUT2D eigenvalue weighted by molar-refractivity contribution is 6.06. The SMILES string of the molecule is COc1ccc(CNC(=O)CN2C(=O)C3CN(Cc4ccco4)CCN3C2=O)cc1OC. The zero-order valence-electron chi connectivity index (χ0n) is 18.1. The molecule has 0 aliphatic carbocycles. The second-order valence-electron chi connectivity index (χ2n) is 7.70. The second-order valence-corrected chi connectivity index (χ2v) is 7.70. The largest absolute Gasteiger partial charge is 0.493 e. The summed E-state index contributed by atoms with van der Waals surface area (Å²) in [5.74, 6) is 1.20. The second kappa shape index (κ2) is 9.31. The number of furan rings is 1. The van der Waals surface area contributed by atoms with Gasteiger partial charge < -0.3 is 24.1 Å². The number of ether oxygens (including phenoxy) is 2. The number of imide groups is 1. The fourth-order valence-corrected chi connectivity index (χ4v) is 4.01. The molecule has 2 saturated heterocycles. The van der Waals surface area contributed by atoms with Gasteiger partial charge in [0, 0.05) is 26.2 Å². The van der Waals surface area contributed by atoms with Gasteiger partial charge in [-0.05, 0) is 29.8 Å². The molecule has 1 atom stereocenters. The highest BCUT2D eigenvalue weighted by atomic mass is 16.5. The molecule has 1 N–H and O–H groups in total. The number of methoxy groups -OCH3 is 2. The van der Waals surface area contributed by atoms with Crippen LogP contribution in [-0.2, 0) is 22.7 Å². The maximum absolute atomic E-state index is 12.9. The van der Waals surface area contributed by atoms with Gasteiger partial charge >= 0.3 is 6.03 Å². The summed E-state index contributed by atoms with van der Waals surface area (Å²) >= 11 is 0. The average molecular weight is 442 g/mol. The first-order chi connectivity index (χ1) is 15.5. The molecule has 1 aromatic carbocycles. The Kier molecular flexibility index (Phi) is 6.31. The van der Waals surface area contributed by atoms with Crippen molar-refractivity contribution in [1.29, 1.82) is 0 Å². The molecule has 32 heavy (non-hydrogen) atoms. The summed E-state index contributed by atoms with van der Waals surface area (Å²) in [4.78, 5) is 42.7. The first-order valence-corrected chi connectivity index (χ1v) is 10.3. The van der Waals surface area contributed by atoms with Gasteiger partial charge in [0.2, 0.25) is 5.91 Å².